The Labute approximate surface area is 113 Å². The van der Waals surface area contributed by atoms with Gasteiger partial charge in [-0.25, -0.2) is 0 Å². The molecule has 2 heterocycles. The summed E-state index contributed by atoms with van der Waals surface area (Å²) in [5, 5.41) is 5.71. The van der Waals surface area contributed by atoms with Crippen molar-refractivity contribution in [3.05, 3.63) is 51.5 Å². The summed E-state index contributed by atoms with van der Waals surface area (Å²) in [6, 6.07) is 9.08. The molecule has 1 atom stereocenters. The van der Waals surface area contributed by atoms with E-state index in [1.54, 1.807) is 0 Å². The fourth-order valence-electron chi connectivity index (χ4n) is 2.25. The molecule has 0 aliphatic carbocycles. The lowest BCUT2D eigenvalue weighted by atomic mass is 10.0. The minimum atomic E-state index is 0.383. The molecular formula is C15H20N2S. The summed E-state index contributed by atoms with van der Waals surface area (Å²) < 4.78 is 0. The van der Waals surface area contributed by atoms with Gasteiger partial charge in [0.1, 0.15) is 0 Å². The summed E-state index contributed by atoms with van der Waals surface area (Å²) in [6.45, 7) is 7.26. The van der Waals surface area contributed by atoms with Crippen LogP contribution in [0.15, 0.2) is 29.6 Å². The number of thiophene rings is 1. The standard InChI is InChI=1S/C15H20N2S/c1-4-16-15(10-14-6-5-7-18-14)13-8-11(2)17-12(3)9-13/h5-9,15-16H,4,10H2,1-3H3. The Morgan fingerprint density at radius 3 is 2.56 bits per heavy atom. The second-order valence-electron chi connectivity index (χ2n) is 4.58. The third kappa shape index (κ3) is 3.40. The highest BCUT2D eigenvalue weighted by Gasteiger charge is 2.12. The average molecular weight is 260 g/mol. The predicted octanol–water partition coefficient (Wildman–Crippen LogP) is 3.65. The number of aryl methyl sites for hydroxylation is 2. The smallest absolute Gasteiger partial charge is 0.0379 e. The molecule has 0 aromatic carbocycles. The fourth-order valence-corrected chi connectivity index (χ4v) is 3.00. The van der Waals surface area contributed by atoms with Gasteiger partial charge in [0.2, 0.25) is 0 Å². The molecule has 18 heavy (non-hydrogen) atoms. The predicted molar refractivity (Wildman–Crippen MR) is 78.2 cm³/mol. The van der Waals surface area contributed by atoms with E-state index in [1.165, 1.54) is 10.4 Å². The van der Waals surface area contributed by atoms with Gasteiger partial charge in [-0.15, -0.1) is 11.3 Å². The molecular weight excluding hydrogens is 240 g/mol. The van der Waals surface area contributed by atoms with Crippen molar-refractivity contribution in [2.24, 2.45) is 0 Å². The third-order valence-electron chi connectivity index (χ3n) is 2.94. The summed E-state index contributed by atoms with van der Waals surface area (Å²) >= 11 is 1.82. The van der Waals surface area contributed by atoms with E-state index in [0.717, 1.165) is 24.4 Å². The molecule has 2 aromatic rings. The molecule has 1 N–H and O–H groups in total. The van der Waals surface area contributed by atoms with E-state index in [4.69, 9.17) is 0 Å². The third-order valence-corrected chi connectivity index (χ3v) is 3.84. The zero-order valence-electron chi connectivity index (χ0n) is 11.2. The number of nitrogens with one attached hydrogen (secondary N) is 1. The molecule has 2 rings (SSSR count). The lowest BCUT2D eigenvalue weighted by Gasteiger charge is -2.18. The SMILES string of the molecule is CCNC(Cc1cccs1)c1cc(C)nc(C)c1. The van der Waals surface area contributed by atoms with E-state index in [9.17, 15) is 0 Å². The summed E-state index contributed by atoms with van der Waals surface area (Å²) in [5.41, 5.74) is 3.54. The Morgan fingerprint density at radius 2 is 2.00 bits per heavy atom. The Kier molecular flexibility index (Phi) is 4.50. The van der Waals surface area contributed by atoms with Gasteiger partial charge in [0.15, 0.2) is 0 Å². The van der Waals surface area contributed by atoms with E-state index in [2.05, 4.69) is 60.7 Å². The highest BCUT2D eigenvalue weighted by atomic mass is 32.1. The van der Waals surface area contributed by atoms with Crippen molar-refractivity contribution in [2.45, 2.75) is 33.2 Å². The van der Waals surface area contributed by atoms with Crippen LogP contribution in [0.2, 0.25) is 0 Å². The number of pyridine rings is 1. The van der Waals surface area contributed by atoms with Gasteiger partial charge in [0.05, 0.1) is 0 Å². The monoisotopic (exact) mass is 260 g/mol. The van der Waals surface area contributed by atoms with Gasteiger partial charge in [-0.1, -0.05) is 13.0 Å². The first-order valence-electron chi connectivity index (χ1n) is 6.40. The molecule has 0 radical (unpaired) electrons. The molecule has 1 unspecified atom stereocenters. The van der Waals surface area contributed by atoms with E-state index >= 15 is 0 Å². The van der Waals surface area contributed by atoms with E-state index < -0.39 is 0 Å². The van der Waals surface area contributed by atoms with Crippen LogP contribution in [-0.2, 0) is 6.42 Å². The van der Waals surface area contributed by atoms with Crippen LogP contribution in [-0.4, -0.2) is 11.5 Å². The lowest BCUT2D eigenvalue weighted by Crippen LogP contribution is -2.23. The van der Waals surface area contributed by atoms with Crippen molar-refractivity contribution in [2.75, 3.05) is 6.54 Å². The lowest BCUT2D eigenvalue weighted by molar-refractivity contribution is 0.552. The molecule has 0 fully saturated rings. The van der Waals surface area contributed by atoms with Gasteiger partial charge in [-0.3, -0.25) is 4.98 Å². The molecule has 0 amide bonds. The molecule has 3 heteroatoms. The first-order chi connectivity index (χ1) is 8.69. The quantitative estimate of drug-likeness (QED) is 0.887. The second-order valence-corrected chi connectivity index (χ2v) is 5.61. The molecule has 96 valence electrons. The number of hydrogen-bond donors (Lipinski definition) is 1. The van der Waals surface area contributed by atoms with E-state index in [0.29, 0.717) is 6.04 Å². The average Bonchev–Trinajstić information content (AvgIpc) is 2.80. The van der Waals surface area contributed by atoms with Crippen LogP contribution >= 0.6 is 11.3 Å². The molecule has 0 aliphatic rings. The molecule has 0 aliphatic heterocycles. The maximum absolute atomic E-state index is 4.45. The van der Waals surface area contributed by atoms with Gasteiger partial charge in [-0.2, -0.15) is 0 Å². The molecule has 0 saturated heterocycles. The van der Waals surface area contributed by atoms with Crippen molar-refractivity contribution in [1.29, 1.82) is 0 Å². The number of likely N-dealkylation sites (N-methyl/N-ethyl adjacent to an activating group) is 1. The molecule has 0 saturated carbocycles. The molecule has 2 nitrogen and oxygen atoms in total. The van der Waals surface area contributed by atoms with Gasteiger partial charge in [-0.05, 0) is 49.5 Å². The number of rotatable bonds is 5. The minimum absolute atomic E-state index is 0.383. The Balaban J connectivity index is 2.23. The van der Waals surface area contributed by atoms with Crippen molar-refractivity contribution < 1.29 is 0 Å². The van der Waals surface area contributed by atoms with Crippen LogP contribution in [0.1, 0.15) is 34.8 Å². The fraction of sp³-hybridized carbons (Fsp3) is 0.400. The van der Waals surface area contributed by atoms with Crippen LogP contribution in [0, 0.1) is 13.8 Å². The molecule has 2 aromatic heterocycles. The van der Waals surface area contributed by atoms with Crippen molar-refractivity contribution in [3.8, 4) is 0 Å². The maximum atomic E-state index is 4.45. The van der Waals surface area contributed by atoms with Gasteiger partial charge < -0.3 is 5.32 Å². The number of hydrogen-bond acceptors (Lipinski definition) is 3. The molecule has 0 spiro atoms. The van der Waals surface area contributed by atoms with Crippen LogP contribution in [0.5, 0.6) is 0 Å². The zero-order valence-corrected chi connectivity index (χ0v) is 12.1. The summed E-state index contributed by atoms with van der Waals surface area (Å²) in [6.07, 6.45) is 1.05. The van der Waals surface area contributed by atoms with Crippen molar-refractivity contribution in [1.82, 2.24) is 10.3 Å². The van der Waals surface area contributed by atoms with Gasteiger partial charge >= 0.3 is 0 Å². The van der Waals surface area contributed by atoms with Crippen LogP contribution in [0.3, 0.4) is 0 Å². The first-order valence-corrected chi connectivity index (χ1v) is 7.28. The van der Waals surface area contributed by atoms with E-state index in [1.807, 2.05) is 11.3 Å². The van der Waals surface area contributed by atoms with E-state index in [-0.39, 0.29) is 0 Å². The number of aromatic nitrogens is 1. The van der Waals surface area contributed by atoms with Gasteiger partial charge in [0.25, 0.3) is 0 Å². The Hall–Kier alpha value is -1.19. The normalized spacial score (nSPS) is 12.6. The Morgan fingerprint density at radius 1 is 1.28 bits per heavy atom. The summed E-state index contributed by atoms with van der Waals surface area (Å²) in [4.78, 5) is 5.87. The van der Waals surface area contributed by atoms with Crippen molar-refractivity contribution in [3.63, 3.8) is 0 Å². The summed E-state index contributed by atoms with van der Waals surface area (Å²) in [7, 11) is 0. The largest absolute Gasteiger partial charge is 0.310 e. The van der Waals surface area contributed by atoms with Crippen LogP contribution < -0.4 is 5.32 Å². The molecule has 0 bridgehead atoms. The minimum Gasteiger partial charge on any atom is -0.310 e. The highest BCUT2D eigenvalue weighted by molar-refractivity contribution is 7.09. The first kappa shape index (κ1) is 13.2. The van der Waals surface area contributed by atoms with Crippen LogP contribution in [0.25, 0.3) is 0 Å². The second kappa shape index (κ2) is 6.12. The van der Waals surface area contributed by atoms with Crippen LogP contribution in [0.4, 0.5) is 0 Å². The zero-order chi connectivity index (χ0) is 13.0. The summed E-state index contributed by atoms with van der Waals surface area (Å²) in [5.74, 6) is 0. The number of nitrogens with zero attached hydrogens (tertiary/aromatic N) is 1. The van der Waals surface area contributed by atoms with Crippen molar-refractivity contribution >= 4 is 11.3 Å². The van der Waals surface area contributed by atoms with Gasteiger partial charge in [0, 0.05) is 28.7 Å². The Bertz CT molecular complexity index is 471. The highest BCUT2D eigenvalue weighted by Crippen LogP contribution is 2.22. The maximum Gasteiger partial charge on any atom is 0.0379 e. The topological polar surface area (TPSA) is 24.9 Å².